The molecule has 1 saturated carbocycles. The smallest absolute Gasteiger partial charge is 0.166 e. The van der Waals surface area contributed by atoms with Gasteiger partial charge in [-0.1, -0.05) is 0 Å². The summed E-state index contributed by atoms with van der Waals surface area (Å²) in [4.78, 5) is 4.26. The van der Waals surface area contributed by atoms with Gasteiger partial charge in [0, 0.05) is 35.9 Å². The molecule has 0 saturated heterocycles. The second-order valence-corrected chi connectivity index (χ2v) is 7.39. The molecule has 29 heavy (non-hydrogen) atoms. The molecule has 2 unspecified atom stereocenters. The Bertz CT molecular complexity index is 1180. The molecule has 2 N–H and O–H groups in total. The lowest BCUT2D eigenvalue weighted by Crippen LogP contribution is -2.11. The van der Waals surface area contributed by atoms with Gasteiger partial charge in [0.05, 0.1) is 5.69 Å². The first-order chi connectivity index (χ1) is 14.0. The number of benzene rings is 1. The number of aryl methyl sites for hydroxylation is 1. The molecule has 0 spiro atoms. The summed E-state index contributed by atoms with van der Waals surface area (Å²) in [6.07, 6.45) is 1.76. The number of halogens is 1. The SMILES string of the molecule is C[C@H]1Oc2cc(cnc2N)-c2c(nn(C)c2C#N)C2CC2Oc2ccc(F)cc21. The van der Waals surface area contributed by atoms with E-state index in [1.807, 2.05) is 0 Å². The number of rotatable bonds is 0. The zero-order valence-electron chi connectivity index (χ0n) is 15.9. The fourth-order valence-electron chi connectivity index (χ4n) is 3.85. The number of pyridine rings is 1. The number of aromatic nitrogens is 3. The van der Waals surface area contributed by atoms with E-state index >= 15 is 0 Å². The van der Waals surface area contributed by atoms with Crippen LogP contribution in [0, 0.1) is 17.1 Å². The number of ether oxygens (including phenoxy) is 2. The third-order valence-electron chi connectivity index (χ3n) is 5.43. The monoisotopic (exact) mass is 391 g/mol. The Kier molecular flexibility index (Phi) is 3.74. The number of anilines is 1. The van der Waals surface area contributed by atoms with Crippen molar-refractivity contribution in [2.75, 3.05) is 5.73 Å². The predicted octanol–water partition coefficient (Wildman–Crippen LogP) is 3.46. The van der Waals surface area contributed by atoms with Crippen LogP contribution < -0.4 is 15.2 Å². The van der Waals surface area contributed by atoms with Crippen molar-refractivity contribution in [2.24, 2.45) is 7.05 Å². The lowest BCUT2D eigenvalue weighted by atomic mass is 10.0. The van der Waals surface area contributed by atoms with Crippen molar-refractivity contribution in [2.45, 2.75) is 31.5 Å². The van der Waals surface area contributed by atoms with Crippen LogP contribution in [0.1, 0.15) is 42.3 Å². The van der Waals surface area contributed by atoms with Crippen molar-refractivity contribution >= 4 is 5.82 Å². The van der Waals surface area contributed by atoms with E-state index in [0.717, 1.165) is 17.7 Å². The summed E-state index contributed by atoms with van der Waals surface area (Å²) in [7, 11) is 1.74. The molecule has 1 fully saturated rings. The molecule has 7 nitrogen and oxygen atoms in total. The van der Waals surface area contributed by atoms with E-state index in [1.165, 1.54) is 12.1 Å². The van der Waals surface area contributed by atoms with Gasteiger partial charge >= 0.3 is 0 Å². The number of nitrogen functional groups attached to an aromatic ring is 1. The summed E-state index contributed by atoms with van der Waals surface area (Å²) >= 11 is 0. The van der Waals surface area contributed by atoms with Gasteiger partial charge in [-0.15, -0.1) is 0 Å². The van der Waals surface area contributed by atoms with Crippen LogP contribution in [0.4, 0.5) is 10.2 Å². The standard InChI is InChI=1S/C21H18FN5O2/c1-10-13-6-12(22)3-4-16(13)29-17-7-14(17)20-19(15(8-23)27(2)26-20)11-5-18(28-10)21(24)25-9-11/h3-6,9-10,14,17H,7H2,1-2H3,(H2,24,25)/t10-,14?,17?/m1/s1. The molecule has 1 aromatic carbocycles. The highest BCUT2D eigenvalue weighted by atomic mass is 19.1. The molecule has 8 heteroatoms. The van der Waals surface area contributed by atoms with Gasteiger partial charge in [-0.05, 0) is 37.6 Å². The van der Waals surface area contributed by atoms with Gasteiger partial charge in [0.1, 0.15) is 35.5 Å². The molecule has 1 aliphatic heterocycles. The van der Waals surface area contributed by atoms with E-state index in [-0.39, 0.29) is 23.7 Å². The van der Waals surface area contributed by atoms with Crippen molar-refractivity contribution < 1.29 is 13.9 Å². The van der Waals surface area contributed by atoms with Gasteiger partial charge < -0.3 is 15.2 Å². The van der Waals surface area contributed by atoms with E-state index in [0.29, 0.717) is 28.3 Å². The normalized spacial score (nSPS) is 21.8. The molecule has 2 aliphatic rings. The van der Waals surface area contributed by atoms with E-state index in [4.69, 9.17) is 15.2 Å². The lowest BCUT2D eigenvalue weighted by Gasteiger charge is -2.20. The Labute approximate surface area is 166 Å². The molecular weight excluding hydrogens is 373 g/mol. The van der Waals surface area contributed by atoms with Gasteiger partial charge in [-0.25, -0.2) is 9.37 Å². The molecule has 3 heterocycles. The van der Waals surface area contributed by atoms with Crippen molar-refractivity contribution in [1.29, 1.82) is 5.26 Å². The highest BCUT2D eigenvalue weighted by Crippen LogP contribution is 2.49. The number of hydrogen-bond donors (Lipinski definition) is 1. The zero-order valence-corrected chi connectivity index (χ0v) is 15.9. The van der Waals surface area contributed by atoms with E-state index in [2.05, 4.69) is 16.2 Å². The molecule has 0 amide bonds. The Morgan fingerprint density at radius 2 is 2.10 bits per heavy atom. The van der Waals surface area contributed by atoms with Crippen molar-refractivity contribution in [3.8, 4) is 28.7 Å². The van der Waals surface area contributed by atoms with Crippen LogP contribution in [0.15, 0.2) is 30.5 Å². The van der Waals surface area contributed by atoms with Crippen molar-refractivity contribution in [3.05, 3.63) is 53.2 Å². The first-order valence-electron chi connectivity index (χ1n) is 9.32. The second-order valence-electron chi connectivity index (χ2n) is 7.39. The number of hydrogen-bond acceptors (Lipinski definition) is 6. The molecule has 3 aromatic rings. The third kappa shape index (κ3) is 2.78. The maximum Gasteiger partial charge on any atom is 0.166 e. The summed E-state index contributed by atoms with van der Waals surface area (Å²) in [6.45, 7) is 1.81. The van der Waals surface area contributed by atoms with Crippen LogP contribution in [0.3, 0.4) is 0 Å². The van der Waals surface area contributed by atoms with Crippen LogP contribution in [0.2, 0.25) is 0 Å². The summed E-state index contributed by atoms with van der Waals surface area (Å²) in [5.74, 6) is 0.801. The Morgan fingerprint density at radius 1 is 1.28 bits per heavy atom. The number of fused-ring (bicyclic) bond motifs is 7. The van der Waals surface area contributed by atoms with Crippen LogP contribution in [-0.4, -0.2) is 20.9 Å². The minimum Gasteiger partial charge on any atom is -0.489 e. The Morgan fingerprint density at radius 3 is 2.90 bits per heavy atom. The minimum absolute atomic E-state index is 0.0351. The van der Waals surface area contributed by atoms with E-state index < -0.39 is 6.10 Å². The van der Waals surface area contributed by atoms with Crippen LogP contribution in [-0.2, 0) is 7.05 Å². The van der Waals surface area contributed by atoms with Crippen LogP contribution in [0.25, 0.3) is 11.1 Å². The topological polar surface area (TPSA) is 99.0 Å². The second kappa shape index (κ2) is 6.21. The quantitative estimate of drug-likeness (QED) is 0.630. The van der Waals surface area contributed by atoms with Crippen molar-refractivity contribution in [1.82, 2.24) is 14.8 Å². The number of nitrogens with two attached hydrogens (primary N) is 1. The predicted molar refractivity (Wildman–Crippen MR) is 103 cm³/mol. The summed E-state index contributed by atoms with van der Waals surface area (Å²) in [5, 5.41) is 14.3. The Hall–Kier alpha value is -3.60. The minimum atomic E-state index is -0.513. The van der Waals surface area contributed by atoms with Gasteiger partial charge in [0.15, 0.2) is 11.6 Å². The third-order valence-corrected chi connectivity index (χ3v) is 5.43. The highest BCUT2D eigenvalue weighted by Gasteiger charge is 2.45. The van der Waals surface area contributed by atoms with Gasteiger partial charge in [-0.2, -0.15) is 10.4 Å². The molecular formula is C21H18FN5O2. The zero-order chi connectivity index (χ0) is 20.3. The van der Waals surface area contributed by atoms with Crippen LogP contribution in [0.5, 0.6) is 11.5 Å². The number of nitriles is 1. The average Bonchev–Trinajstić information content (AvgIpc) is 3.37. The van der Waals surface area contributed by atoms with Gasteiger partial charge in [0.25, 0.3) is 0 Å². The summed E-state index contributed by atoms with van der Waals surface area (Å²) in [6, 6.07) is 8.38. The molecule has 146 valence electrons. The maximum atomic E-state index is 13.9. The fraction of sp³-hybridized carbons (Fsp3) is 0.286. The molecule has 2 aromatic heterocycles. The average molecular weight is 391 g/mol. The van der Waals surface area contributed by atoms with Crippen LogP contribution >= 0.6 is 0 Å². The van der Waals surface area contributed by atoms with E-state index in [1.54, 1.807) is 37.0 Å². The fourth-order valence-corrected chi connectivity index (χ4v) is 3.85. The van der Waals surface area contributed by atoms with E-state index in [9.17, 15) is 9.65 Å². The molecule has 0 radical (unpaired) electrons. The largest absolute Gasteiger partial charge is 0.489 e. The number of nitrogens with zero attached hydrogens (tertiary/aromatic N) is 4. The lowest BCUT2D eigenvalue weighted by molar-refractivity contribution is 0.213. The first-order valence-corrected chi connectivity index (χ1v) is 9.32. The molecule has 5 rings (SSSR count). The summed E-state index contributed by atoms with van der Waals surface area (Å²) in [5.41, 5.74) is 9.27. The van der Waals surface area contributed by atoms with Crippen molar-refractivity contribution in [3.63, 3.8) is 0 Å². The highest BCUT2D eigenvalue weighted by molar-refractivity contribution is 5.75. The molecule has 3 atom stereocenters. The summed E-state index contributed by atoms with van der Waals surface area (Å²) < 4.78 is 27.7. The Balaban J connectivity index is 1.73. The molecule has 2 bridgehead atoms. The molecule has 1 aliphatic carbocycles. The maximum absolute atomic E-state index is 13.9. The first kappa shape index (κ1) is 17.5. The van der Waals surface area contributed by atoms with Gasteiger partial charge in [-0.3, -0.25) is 4.68 Å². The van der Waals surface area contributed by atoms with Gasteiger partial charge in [0.2, 0.25) is 0 Å².